The van der Waals surface area contributed by atoms with Crippen LogP contribution in [0.2, 0.25) is 10.0 Å². The maximum atomic E-state index is 12.1. The van der Waals surface area contributed by atoms with Crippen molar-refractivity contribution in [3.05, 3.63) is 28.2 Å². The van der Waals surface area contributed by atoms with Crippen LogP contribution in [0.15, 0.2) is 18.2 Å². The first kappa shape index (κ1) is 17.4. The standard InChI is InChI=1S/C16H21Cl2NO3/c1-19(8-7-13-4-2-3-9-21-13)16(20)11-22-15-6-5-12(17)10-14(15)18/h5-6,10,13H,2-4,7-9,11H2,1H3. The topological polar surface area (TPSA) is 38.8 Å². The maximum absolute atomic E-state index is 12.1. The summed E-state index contributed by atoms with van der Waals surface area (Å²) in [4.78, 5) is 13.7. The number of halogens is 2. The van der Waals surface area contributed by atoms with E-state index in [-0.39, 0.29) is 18.6 Å². The lowest BCUT2D eigenvalue weighted by Gasteiger charge is -2.25. The molecule has 0 spiro atoms. The number of rotatable bonds is 6. The second-order valence-electron chi connectivity index (χ2n) is 5.46. The Labute approximate surface area is 141 Å². The Morgan fingerprint density at radius 2 is 2.23 bits per heavy atom. The zero-order valence-corrected chi connectivity index (χ0v) is 14.2. The van der Waals surface area contributed by atoms with E-state index >= 15 is 0 Å². The lowest BCUT2D eigenvalue weighted by Crippen LogP contribution is -2.34. The van der Waals surface area contributed by atoms with Crippen LogP contribution in [-0.4, -0.2) is 43.7 Å². The summed E-state index contributed by atoms with van der Waals surface area (Å²) >= 11 is 11.8. The number of ether oxygens (including phenoxy) is 2. The van der Waals surface area contributed by atoms with E-state index in [2.05, 4.69) is 0 Å². The second kappa shape index (κ2) is 8.61. The van der Waals surface area contributed by atoms with Gasteiger partial charge in [0.1, 0.15) is 5.75 Å². The van der Waals surface area contributed by atoms with E-state index in [4.69, 9.17) is 32.7 Å². The molecule has 1 amide bonds. The number of nitrogens with zero attached hydrogens (tertiary/aromatic N) is 1. The number of benzene rings is 1. The summed E-state index contributed by atoms with van der Waals surface area (Å²) in [6.45, 7) is 1.46. The highest BCUT2D eigenvalue weighted by Crippen LogP contribution is 2.27. The zero-order valence-electron chi connectivity index (χ0n) is 12.7. The molecule has 1 aromatic rings. The van der Waals surface area contributed by atoms with Crippen LogP contribution in [0.5, 0.6) is 5.75 Å². The fourth-order valence-electron chi connectivity index (χ4n) is 2.34. The summed E-state index contributed by atoms with van der Waals surface area (Å²) in [7, 11) is 1.78. The SMILES string of the molecule is CN(CCC1CCCCO1)C(=O)COc1ccc(Cl)cc1Cl. The van der Waals surface area contributed by atoms with E-state index in [0.717, 1.165) is 25.9 Å². The minimum atomic E-state index is -0.0816. The molecule has 4 nitrogen and oxygen atoms in total. The van der Waals surface area contributed by atoms with Gasteiger partial charge in [0.25, 0.3) is 5.91 Å². The number of amides is 1. The summed E-state index contributed by atoms with van der Waals surface area (Å²) in [5.74, 6) is 0.380. The van der Waals surface area contributed by atoms with Gasteiger partial charge in [-0.1, -0.05) is 23.2 Å². The number of hydrogen-bond acceptors (Lipinski definition) is 3. The Balaban J connectivity index is 1.73. The van der Waals surface area contributed by atoms with Crippen LogP contribution in [0.4, 0.5) is 0 Å². The van der Waals surface area contributed by atoms with Gasteiger partial charge in [0.05, 0.1) is 11.1 Å². The monoisotopic (exact) mass is 345 g/mol. The first-order valence-corrected chi connectivity index (χ1v) is 8.25. The Kier molecular flexibility index (Phi) is 6.80. The van der Waals surface area contributed by atoms with Crippen molar-refractivity contribution in [2.24, 2.45) is 0 Å². The van der Waals surface area contributed by atoms with E-state index in [1.807, 2.05) is 0 Å². The fourth-order valence-corrected chi connectivity index (χ4v) is 2.80. The first-order chi connectivity index (χ1) is 10.6. The number of hydrogen-bond donors (Lipinski definition) is 0. The van der Waals surface area contributed by atoms with Crippen molar-refractivity contribution in [1.29, 1.82) is 0 Å². The van der Waals surface area contributed by atoms with Gasteiger partial charge in [0.2, 0.25) is 0 Å². The van der Waals surface area contributed by atoms with Crippen LogP contribution in [0.1, 0.15) is 25.7 Å². The molecule has 2 rings (SSSR count). The molecule has 1 unspecified atom stereocenters. The molecule has 0 aromatic heterocycles. The van der Waals surface area contributed by atoms with Gasteiger partial charge in [-0.15, -0.1) is 0 Å². The van der Waals surface area contributed by atoms with E-state index in [0.29, 0.717) is 22.3 Å². The van der Waals surface area contributed by atoms with Crippen molar-refractivity contribution in [1.82, 2.24) is 4.90 Å². The normalized spacial score (nSPS) is 18.0. The van der Waals surface area contributed by atoms with Crippen molar-refractivity contribution in [3.63, 3.8) is 0 Å². The van der Waals surface area contributed by atoms with Crippen molar-refractivity contribution in [2.45, 2.75) is 31.8 Å². The third kappa shape index (κ3) is 5.34. The molecule has 0 bridgehead atoms. The van der Waals surface area contributed by atoms with Crippen LogP contribution in [-0.2, 0) is 9.53 Å². The fraction of sp³-hybridized carbons (Fsp3) is 0.562. The molecule has 1 aliphatic heterocycles. The average Bonchev–Trinajstić information content (AvgIpc) is 2.52. The molecule has 0 N–H and O–H groups in total. The Morgan fingerprint density at radius 3 is 2.91 bits per heavy atom. The second-order valence-corrected chi connectivity index (χ2v) is 6.30. The predicted octanol–water partition coefficient (Wildman–Crippen LogP) is 3.79. The van der Waals surface area contributed by atoms with Crippen molar-refractivity contribution >= 4 is 29.1 Å². The minimum absolute atomic E-state index is 0.0383. The van der Waals surface area contributed by atoms with Crippen LogP contribution >= 0.6 is 23.2 Å². The van der Waals surface area contributed by atoms with Gasteiger partial charge in [-0.05, 0) is 43.9 Å². The van der Waals surface area contributed by atoms with Crippen molar-refractivity contribution in [3.8, 4) is 5.75 Å². The highest BCUT2D eigenvalue weighted by molar-refractivity contribution is 6.35. The zero-order chi connectivity index (χ0) is 15.9. The van der Waals surface area contributed by atoms with Gasteiger partial charge in [-0.2, -0.15) is 0 Å². The van der Waals surface area contributed by atoms with Gasteiger partial charge in [0.15, 0.2) is 6.61 Å². The van der Waals surface area contributed by atoms with E-state index in [1.54, 1.807) is 30.1 Å². The summed E-state index contributed by atoms with van der Waals surface area (Å²) in [5, 5.41) is 0.937. The predicted molar refractivity (Wildman–Crippen MR) is 87.8 cm³/mol. The Hall–Kier alpha value is -0.970. The van der Waals surface area contributed by atoms with Crippen LogP contribution in [0.25, 0.3) is 0 Å². The highest BCUT2D eigenvalue weighted by Gasteiger charge is 2.17. The van der Waals surface area contributed by atoms with Crippen LogP contribution in [0, 0.1) is 0 Å². The van der Waals surface area contributed by atoms with Gasteiger partial charge >= 0.3 is 0 Å². The molecule has 1 atom stereocenters. The quantitative estimate of drug-likeness (QED) is 0.787. The lowest BCUT2D eigenvalue weighted by atomic mass is 10.1. The Morgan fingerprint density at radius 1 is 1.41 bits per heavy atom. The van der Waals surface area contributed by atoms with E-state index < -0.39 is 0 Å². The number of carbonyl (C=O) groups is 1. The molecule has 1 saturated heterocycles. The molecule has 1 aromatic carbocycles. The van der Waals surface area contributed by atoms with Crippen LogP contribution < -0.4 is 4.74 Å². The van der Waals surface area contributed by atoms with Gasteiger partial charge < -0.3 is 14.4 Å². The van der Waals surface area contributed by atoms with E-state index in [9.17, 15) is 4.79 Å². The molecular formula is C16H21Cl2NO3. The largest absolute Gasteiger partial charge is 0.482 e. The summed E-state index contributed by atoms with van der Waals surface area (Å²) in [6.07, 6.45) is 4.57. The smallest absolute Gasteiger partial charge is 0.260 e. The molecule has 1 heterocycles. The van der Waals surface area contributed by atoms with E-state index in [1.165, 1.54) is 6.42 Å². The summed E-state index contributed by atoms with van der Waals surface area (Å²) in [5.41, 5.74) is 0. The van der Waals surface area contributed by atoms with Gasteiger partial charge in [0, 0.05) is 25.2 Å². The van der Waals surface area contributed by atoms with Crippen molar-refractivity contribution in [2.75, 3.05) is 26.8 Å². The lowest BCUT2D eigenvalue weighted by molar-refractivity contribution is -0.132. The molecule has 1 aliphatic rings. The number of carbonyl (C=O) groups excluding carboxylic acids is 1. The third-order valence-electron chi connectivity index (χ3n) is 3.73. The molecule has 122 valence electrons. The molecule has 1 fully saturated rings. The van der Waals surface area contributed by atoms with Gasteiger partial charge in [-0.25, -0.2) is 0 Å². The van der Waals surface area contributed by atoms with Crippen LogP contribution in [0.3, 0.4) is 0 Å². The molecule has 22 heavy (non-hydrogen) atoms. The summed E-state index contributed by atoms with van der Waals surface area (Å²) < 4.78 is 11.1. The Bertz CT molecular complexity index is 504. The maximum Gasteiger partial charge on any atom is 0.260 e. The van der Waals surface area contributed by atoms with Gasteiger partial charge in [-0.3, -0.25) is 4.79 Å². The molecular weight excluding hydrogens is 325 g/mol. The first-order valence-electron chi connectivity index (χ1n) is 7.49. The molecule has 0 saturated carbocycles. The molecule has 0 aliphatic carbocycles. The average molecular weight is 346 g/mol. The highest BCUT2D eigenvalue weighted by atomic mass is 35.5. The van der Waals surface area contributed by atoms with Crippen molar-refractivity contribution < 1.29 is 14.3 Å². The third-order valence-corrected chi connectivity index (χ3v) is 4.26. The molecule has 6 heteroatoms. The summed E-state index contributed by atoms with van der Waals surface area (Å²) in [6, 6.07) is 4.93. The minimum Gasteiger partial charge on any atom is -0.482 e. The number of likely N-dealkylation sites (N-methyl/N-ethyl adjacent to an activating group) is 1. The molecule has 0 radical (unpaired) electrons.